The van der Waals surface area contributed by atoms with Crippen LogP contribution in [-0.2, 0) is 22.0 Å². The highest BCUT2D eigenvalue weighted by molar-refractivity contribution is 5.88. The van der Waals surface area contributed by atoms with Gasteiger partial charge in [0, 0.05) is 26.2 Å². The van der Waals surface area contributed by atoms with E-state index in [-0.39, 0.29) is 11.5 Å². The van der Waals surface area contributed by atoms with Gasteiger partial charge in [-0.05, 0) is 23.1 Å². The Morgan fingerprint density at radius 3 is 2.48 bits per heavy atom. The van der Waals surface area contributed by atoms with Crippen LogP contribution < -0.4 is 10.5 Å². The minimum atomic E-state index is -0.702. The number of rotatable bonds is 4. The fraction of sp³-hybridized carbons (Fsp3) is 0.421. The maximum Gasteiger partial charge on any atom is 0.319 e. The molecule has 2 aromatic rings. The molecule has 6 heteroatoms. The summed E-state index contributed by atoms with van der Waals surface area (Å²) in [6.45, 7) is 5.20. The van der Waals surface area contributed by atoms with Crippen molar-refractivity contribution in [1.82, 2.24) is 9.78 Å². The van der Waals surface area contributed by atoms with Gasteiger partial charge in [0.15, 0.2) is 0 Å². The van der Waals surface area contributed by atoms with Gasteiger partial charge in [-0.1, -0.05) is 38.1 Å². The van der Waals surface area contributed by atoms with Gasteiger partial charge in [-0.3, -0.25) is 9.59 Å². The molecule has 6 nitrogen and oxygen atoms in total. The van der Waals surface area contributed by atoms with Crippen LogP contribution in [0.5, 0.6) is 0 Å². The standard InChI is InChI=1S/C19H23N3O3/c1-13(2)14-7-5-6-8-15(14)19(18(24)25-4)11-22(12-19)16-9-10-17(23)21(3)20-16/h5-10,13H,11-12H2,1-4H3. The Labute approximate surface area is 147 Å². The smallest absolute Gasteiger partial charge is 0.319 e. The summed E-state index contributed by atoms with van der Waals surface area (Å²) >= 11 is 0. The zero-order chi connectivity index (χ0) is 18.2. The number of hydrogen-bond acceptors (Lipinski definition) is 5. The van der Waals surface area contributed by atoms with Crippen LogP contribution in [0.4, 0.5) is 5.82 Å². The van der Waals surface area contributed by atoms with Crippen LogP contribution in [0.2, 0.25) is 0 Å². The molecule has 2 heterocycles. The van der Waals surface area contributed by atoms with Crippen molar-refractivity contribution in [2.24, 2.45) is 7.05 Å². The van der Waals surface area contributed by atoms with Gasteiger partial charge in [0.2, 0.25) is 0 Å². The molecule has 1 saturated heterocycles. The molecule has 1 fully saturated rings. The molecule has 1 aliphatic rings. The van der Waals surface area contributed by atoms with Crippen molar-refractivity contribution in [1.29, 1.82) is 0 Å². The van der Waals surface area contributed by atoms with Crippen LogP contribution in [0.3, 0.4) is 0 Å². The Bertz CT molecular complexity index is 851. The summed E-state index contributed by atoms with van der Waals surface area (Å²) in [6.07, 6.45) is 0. The normalized spacial score (nSPS) is 15.8. The van der Waals surface area contributed by atoms with E-state index in [1.165, 1.54) is 17.9 Å². The van der Waals surface area contributed by atoms with Gasteiger partial charge < -0.3 is 9.64 Å². The highest BCUT2D eigenvalue weighted by atomic mass is 16.5. The minimum Gasteiger partial charge on any atom is -0.468 e. The van der Waals surface area contributed by atoms with E-state index < -0.39 is 5.41 Å². The molecule has 0 radical (unpaired) electrons. The molecule has 25 heavy (non-hydrogen) atoms. The van der Waals surface area contributed by atoms with Gasteiger partial charge >= 0.3 is 5.97 Å². The molecular weight excluding hydrogens is 318 g/mol. The highest BCUT2D eigenvalue weighted by Crippen LogP contribution is 2.41. The number of anilines is 1. The van der Waals surface area contributed by atoms with Crippen LogP contribution in [-0.4, -0.2) is 35.9 Å². The molecule has 132 valence electrons. The third kappa shape index (κ3) is 2.81. The molecule has 0 N–H and O–H groups in total. The van der Waals surface area contributed by atoms with Gasteiger partial charge in [-0.25, -0.2) is 4.68 Å². The van der Waals surface area contributed by atoms with Crippen molar-refractivity contribution < 1.29 is 9.53 Å². The van der Waals surface area contributed by atoms with Crippen molar-refractivity contribution in [3.63, 3.8) is 0 Å². The predicted molar refractivity (Wildman–Crippen MR) is 95.9 cm³/mol. The zero-order valence-electron chi connectivity index (χ0n) is 15.0. The zero-order valence-corrected chi connectivity index (χ0v) is 15.0. The van der Waals surface area contributed by atoms with Crippen LogP contribution in [0.15, 0.2) is 41.2 Å². The summed E-state index contributed by atoms with van der Waals surface area (Å²) < 4.78 is 6.43. The minimum absolute atomic E-state index is 0.159. The first kappa shape index (κ1) is 17.2. The first-order valence-electron chi connectivity index (χ1n) is 8.36. The topological polar surface area (TPSA) is 64.4 Å². The third-order valence-electron chi connectivity index (χ3n) is 4.87. The Morgan fingerprint density at radius 1 is 1.20 bits per heavy atom. The maximum absolute atomic E-state index is 12.7. The molecule has 0 aliphatic carbocycles. The van der Waals surface area contributed by atoms with Gasteiger partial charge in [-0.2, -0.15) is 5.10 Å². The number of esters is 1. The summed E-state index contributed by atoms with van der Waals surface area (Å²) in [5.41, 5.74) is 1.30. The second-order valence-electron chi connectivity index (χ2n) is 6.83. The van der Waals surface area contributed by atoms with Crippen LogP contribution in [0.1, 0.15) is 30.9 Å². The molecule has 1 aliphatic heterocycles. The second kappa shape index (κ2) is 6.35. The molecule has 0 bridgehead atoms. The SMILES string of the molecule is COC(=O)C1(c2ccccc2C(C)C)CN(c2ccc(=O)n(C)n2)C1. The van der Waals surface area contributed by atoms with Crippen molar-refractivity contribution >= 4 is 11.8 Å². The number of ether oxygens (including phenoxy) is 1. The van der Waals surface area contributed by atoms with Crippen molar-refractivity contribution in [3.05, 3.63) is 57.9 Å². The number of methoxy groups -OCH3 is 1. The summed E-state index contributed by atoms with van der Waals surface area (Å²) in [5.74, 6) is 0.757. The van der Waals surface area contributed by atoms with Crippen molar-refractivity contribution in [2.75, 3.05) is 25.1 Å². The lowest BCUT2D eigenvalue weighted by Crippen LogP contribution is -2.64. The number of nitrogens with zero attached hydrogens (tertiary/aromatic N) is 3. The highest BCUT2D eigenvalue weighted by Gasteiger charge is 2.53. The van der Waals surface area contributed by atoms with E-state index in [1.807, 2.05) is 23.1 Å². The number of hydrogen-bond donors (Lipinski definition) is 0. The van der Waals surface area contributed by atoms with E-state index in [4.69, 9.17) is 4.74 Å². The fourth-order valence-corrected chi connectivity index (χ4v) is 3.47. The molecule has 0 atom stereocenters. The van der Waals surface area contributed by atoms with E-state index >= 15 is 0 Å². The van der Waals surface area contributed by atoms with E-state index in [0.29, 0.717) is 24.8 Å². The lowest BCUT2D eigenvalue weighted by molar-refractivity contribution is -0.148. The lowest BCUT2D eigenvalue weighted by atomic mass is 9.70. The van der Waals surface area contributed by atoms with E-state index in [0.717, 1.165) is 11.1 Å². The maximum atomic E-state index is 12.7. The lowest BCUT2D eigenvalue weighted by Gasteiger charge is -2.49. The number of aryl methyl sites for hydroxylation is 1. The molecular formula is C19H23N3O3. The largest absolute Gasteiger partial charge is 0.468 e. The number of carbonyl (C=O) groups is 1. The van der Waals surface area contributed by atoms with Gasteiger partial charge in [0.25, 0.3) is 5.56 Å². The fourth-order valence-electron chi connectivity index (χ4n) is 3.47. The van der Waals surface area contributed by atoms with Crippen molar-refractivity contribution in [3.8, 4) is 0 Å². The Hall–Kier alpha value is -2.63. The van der Waals surface area contributed by atoms with Crippen LogP contribution in [0, 0.1) is 0 Å². The van der Waals surface area contributed by atoms with E-state index in [1.54, 1.807) is 13.1 Å². The van der Waals surface area contributed by atoms with Crippen LogP contribution in [0.25, 0.3) is 0 Å². The Kier molecular flexibility index (Phi) is 4.37. The molecule has 0 spiro atoms. The third-order valence-corrected chi connectivity index (χ3v) is 4.87. The number of aromatic nitrogens is 2. The van der Waals surface area contributed by atoms with E-state index in [9.17, 15) is 9.59 Å². The summed E-state index contributed by atoms with van der Waals surface area (Å²) in [7, 11) is 3.04. The monoisotopic (exact) mass is 341 g/mol. The molecule has 1 aromatic heterocycles. The number of carbonyl (C=O) groups excluding carboxylic acids is 1. The quantitative estimate of drug-likeness (QED) is 0.794. The van der Waals surface area contributed by atoms with Gasteiger partial charge in [-0.15, -0.1) is 0 Å². The molecule has 0 saturated carbocycles. The molecule has 0 unspecified atom stereocenters. The average Bonchev–Trinajstić information content (AvgIpc) is 2.57. The summed E-state index contributed by atoms with van der Waals surface area (Å²) in [4.78, 5) is 26.2. The molecule has 1 aromatic carbocycles. The van der Waals surface area contributed by atoms with Crippen LogP contribution >= 0.6 is 0 Å². The van der Waals surface area contributed by atoms with Crippen molar-refractivity contribution in [2.45, 2.75) is 25.2 Å². The van der Waals surface area contributed by atoms with E-state index in [2.05, 4.69) is 25.0 Å². The summed E-state index contributed by atoms with van der Waals surface area (Å²) in [6, 6.07) is 11.2. The Morgan fingerprint density at radius 2 is 1.88 bits per heavy atom. The summed E-state index contributed by atoms with van der Waals surface area (Å²) in [5, 5.41) is 4.27. The molecule has 0 amide bonds. The van der Waals surface area contributed by atoms with Gasteiger partial charge in [0.1, 0.15) is 11.2 Å². The second-order valence-corrected chi connectivity index (χ2v) is 6.83. The number of benzene rings is 1. The Balaban J connectivity index is 1.98. The first-order valence-corrected chi connectivity index (χ1v) is 8.36. The first-order chi connectivity index (χ1) is 11.9. The predicted octanol–water partition coefficient (Wildman–Crippen LogP) is 1.83. The average molecular weight is 341 g/mol. The van der Waals surface area contributed by atoms with Gasteiger partial charge in [0.05, 0.1) is 7.11 Å². The molecule has 3 rings (SSSR count).